The van der Waals surface area contributed by atoms with Gasteiger partial charge in [-0.3, -0.25) is 0 Å². The van der Waals surface area contributed by atoms with Crippen molar-refractivity contribution in [3.8, 4) is 0 Å². The summed E-state index contributed by atoms with van der Waals surface area (Å²) >= 11 is 5.57. The molecule has 1 N–H and O–H groups in total. The van der Waals surface area contributed by atoms with E-state index in [9.17, 15) is 8.42 Å². The molecule has 0 aliphatic carbocycles. The standard InChI is InChI=1S/C23H36N4O2S2/c1-7-24-22(30)26(13-17(2)3)15-21-12-25-23(27(21)14-18(4)5)31(28,29)16-20-11-9-8-10-19(20)6/h8-12,17-18H,7,13-16H2,1-6H3,(H,24,30). The molecule has 2 aromatic rings. The Morgan fingerprint density at radius 3 is 2.45 bits per heavy atom. The summed E-state index contributed by atoms with van der Waals surface area (Å²) in [7, 11) is -3.60. The van der Waals surface area contributed by atoms with Crippen LogP contribution in [0.2, 0.25) is 0 Å². The number of sulfone groups is 1. The summed E-state index contributed by atoms with van der Waals surface area (Å²) in [5.41, 5.74) is 2.63. The van der Waals surface area contributed by atoms with Crippen LogP contribution in [0.3, 0.4) is 0 Å². The van der Waals surface area contributed by atoms with Gasteiger partial charge in [-0.25, -0.2) is 13.4 Å². The third-order valence-electron chi connectivity index (χ3n) is 4.89. The highest BCUT2D eigenvalue weighted by molar-refractivity contribution is 7.90. The van der Waals surface area contributed by atoms with Crippen molar-refractivity contribution in [1.29, 1.82) is 0 Å². The zero-order chi connectivity index (χ0) is 23.2. The van der Waals surface area contributed by atoms with Gasteiger partial charge in [0.2, 0.25) is 15.0 Å². The lowest BCUT2D eigenvalue weighted by Gasteiger charge is -2.28. The number of aromatic nitrogens is 2. The average molecular weight is 465 g/mol. The van der Waals surface area contributed by atoms with Gasteiger partial charge in [0.25, 0.3) is 0 Å². The highest BCUT2D eigenvalue weighted by Gasteiger charge is 2.26. The number of aryl methyl sites for hydroxylation is 1. The maximum Gasteiger partial charge on any atom is 0.228 e. The first kappa shape index (κ1) is 25.3. The first-order valence-electron chi connectivity index (χ1n) is 10.9. The lowest BCUT2D eigenvalue weighted by molar-refractivity contribution is 0.339. The number of thiocarbonyl (C=S) groups is 1. The number of rotatable bonds is 10. The molecule has 1 aromatic carbocycles. The molecule has 2 rings (SSSR count). The molecular formula is C23H36N4O2S2. The number of hydrogen-bond donors (Lipinski definition) is 1. The van der Waals surface area contributed by atoms with Gasteiger partial charge in [-0.2, -0.15) is 0 Å². The minimum Gasteiger partial charge on any atom is -0.363 e. The quantitative estimate of drug-likeness (QED) is 0.532. The molecule has 0 bridgehead atoms. The lowest BCUT2D eigenvalue weighted by Crippen LogP contribution is -2.41. The molecule has 0 atom stereocenters. The van der Waals surface area contributed by atoms with Gasteiger partial charge < -0.3 is 14.8 Å². The van der Waals surface area contributed by atoms with E-state index >= 15 is 0 Å². The molecule has 172 valence electrons. The third-order valence-corrected chi connectivity index (χ3v) is 6.86. The monoisotopic (exact) mass is 464 g/mol. The summed E-state index contributed by atoms with van der Waals surface area (Å²) in [5, 5.41) is 4.03. The average Bonchev–Trinajstić information content (AvgIpc) is 3.05. The zero-order valence-electron chi connectivity index (χ0n) is 19.6. The Hall–Kier alpha value is -1.93. The second kappa shape index (κ2) is 11.1. The second-order valence-corrected chi connectivity index (χ2v) is 11.1. The Kier molecular flexibility index (Phi) is 9.06. The predicted molar refractivity (Wildman–Crippen MR) is 131 cm³/mol. The summed E-state index contributed by atoms with van der Waals surface area (Å²) in [4.78, 5) is 6.48. The molecule has 0 radical (unpaired) electrons. The Morgan fingerprint density at radius 1 is 1.19 bits per heavy atom. The Morgan fingerprint density at radius 2 is 1.87 bits per heavy atom. The van der Waals surface area contributed by atoms with Crippen molar-refractivity contribution in [3.05, 3.63) is 47.3 Å². The number of hydrogen-bond acceptors (Lipinski definition) is 4. The lowest BCUT2D eigenvalue weighted by atomic mass is 10.1. The highest BCUT2D eigenvalue weighted by Crippen LogP contribution is 2.22. The fourth-order valence-electron chi connectivity index (χ4n) is 3.49. The van der Waals surface area contributed by atoms with Crippen molar-refractivity contribution in [2.45, 2.75) is 65.5 Å². The van der Waals surface area contributed by atoms with E-state index in [2.05, 4.69) is 42.9 Å². The smallest absolute Gasteiger partial charge is 0.228 e. The zero-order valence-corrected chi connectivity index (χ0v) is 21.2. The van der Waals surface area contributed by atoms with Crippen LogP contribution in [-0.4, -0.2) is 41.1 Å². The molecule has 0 amide bonds. The van der Waals surface area contributed by atoms with E-state index in [1.54, 1.807) is 6.20 Å². The van der Waals surface area contributed by atoms with E-state index in [0.29, 0.717) is 24.1 Å². The van der Waals surface area contributed by atoms with Crippen molar-refractivity contribution in [3.63, 3.8) is 0 Å². The molecule has 6 nitrogen and oxygen atoms in total. The van der Waals surface area contributed by atoms with E-state index in [4.69, 9.17) is 12.2 Å². The van der Waals surface area contributed by atoms with Gasteiger partial charge in [0.05, 0.1) is 24.2 Å². The molecule has 1 heterocycles. The van der Waals surface area contributed by atoms with Gasteiger partial charge in [0.1, 0.15) is 0 Å². The van der Waals surface area contributed by atoms with E-state index in [-0.39, 0.29) is 16.8 Å². The predicted octanol–water partition coefficient (Wildman–Crippen LogP) is 4.17. The van der Waals surface area contributed by atoms with Crippen LogP contribution in [0.25, 0.3) is 0 Å². The van der Waals surface area contributed by atoms with Gasteiger partial charge in [0, 0.05) is 19.6 Å². The van der Waals surface area contributed by atoms with Gasteiger partial charge in [0.15, 0.2) is 5.11 Å². The fourth-order valence-corrected chi connectivity index (χ4v) is 5.37. The normalized spacial score (nSPS) is 11.9. The molecule has 0 saturated heterocycles. The van der Waals surface area contributed by atoms with E-state index in [1.165, 1.54) is 0 Å². The van der Waals surface area contributed by atoms with Crippen LogP contribution < -0.4 is 5.32 Å². The number of imidazole rings is 1. The molecule has 0 saturated carbocycles. The largest absolute Gasteiger partial charge is 0.363 e. The Labute approximate surface area is 193 Å². The minimum atomic E-state index is -3.60. The van der Waals surface area contributed by atoms with Crippen molar-refractivity contribution < 1.29 is 8.42 Å². The van der Waals surface area contributed by atoms with Gasteiger partial charge in [-0.1, -0.05) is 52.0 Å². The first-order chi connectivity index (χ1) is 14.5. The maximum absolute atomic E-state index is 13.3. The van der Waals surface area contributed by atoms with Crippen LogP contribution in [0.4, 0.5) is 0 Å². The van der Waals surface area contributed by atoms with Gasteiger partial charge >= 0.3 is 0 Å². The first-order valence-corrected chi connectivity index (χ1v) is 13.0. The van der Waals surface area contributed by atoms with E-state index < -0.39 is 9.84 Å². The molecule has 8 heteroatoms. The van der Waals surface area contributed by atoms with Gasteiger partial charge in [-0.05, 0) is 49.0 Å². The molecule has 0 aliphatic rings. The highest BCUT2D eigenvalue weighted by atomic mass is 32.2. The van der Waals surface area contributed by atoms with Crippen molar-refractivity contribution >= 4 is 27.2 Å². The van der Waals surface area contributed by atoms with E-state index in [1.807, 2.05) is 42.7 Å². The maximum atomic E-state index is 13.3. The SMILES string of the molecule is CCNC(=S)N(Cc1cnc(S(=O)(=O)Cc2ccccc2C)n1CC(C)C)CC(C)C. The number of nitrogens with zero attached hydrogens (tertiary/aromatic N) is 3. The number of nitrogens with one attached hydrogen (secondary N) is 1. The minimum absolute atomic E-state index is 0.0558. The molecule has 1 aromatic heterocycles. The molecule has 0 spiro atoms. The van der Waals surface area contributed by atoms with Crippen LogP contribution in [0.15, 0.2) is 35.6 Å². The topological polar surface area (TPSA) is 67.2 Å². The summed E-state index contributed by atoms with van der Waals surface area (Å²) in [6.07, 6.45) is 1.69. The van der Waals surface area contributed by atoms with Crippen LogP contribution >= 0.6 is 12.2 Å². The van der Waals surface area contributed by atoms with Crippen molar-refractivity contribution in [2.24, 2.45) is 11.8 Å². The Balaban J connectivity index is 2.42. The van der Waals surface area contributed by atoms with Crippen LogP contribution in [0.5, 0.6) is 0 Å². The summed E-state index contributed by atoms with van der Waals surface area (Å²) < 4.78 is 28.5. The van der Waals surface area contributed by atoms with Crippen molar-refractivity contribution in [1.82, 2.24) is 19.8 Å². The molecule has 0 aliphatic heterocycles. The van der Waals surface area contributed by atoms with Crippen molar-refractivity contribution in [2.75, 3.05) is 13.1 Å². The van der Waals surface area contributed by atoms with E-state index in [0.717, 1.165) is 29.9 Å². The molecular weight excluding hydrogens is 428 g/mol. The molecule has 0 unspecified atom stereocenters. The second-order valence-electron chi connectivity index (χ2n) is 8.83. The molecule has 31 heavy (non-hydrogen) atoms. The van der Waals surface area contributed by atoms with Crippen LogP contribution in [-0.2, 0) is 28.7 Å². The van der Waals surface area contributed by atoms with Gasteiger partial charge in [-0.15, -0.1) is 0 Å². The summed E-state index contributed by atoms with van der Waals surface area (Å²) in [6.45, 7) is 15.0. The van der Waals surface area contributed by atoms with Crippen LogP contribution in [0.1, 0.15) is 51.4 Å². The van der Waals surface area contributed by atoms with Crippen LogP contribution in [0, 0.1) is 18.8 Å². The summed E-state index contributed by atoms with van der Waals surface area (Å²) in [5.74, 6) is 0.640. The third kappa shape index (κ3) is 7.04. The summed E-state index contributed by atoms with van der Waals surface area (Å²) in [6, 6.07) is 7.58. The fraction of sp³-hybridized carbons (Fsp3) is 0.565. The number of benzene rings is 1. The molecule has 0 fully saturated rings. The Bertz CT molecular complexity index is 981.